The summed E-state index contributed by atoms with van der Waals surface area (Å²) < 4.78 is 30.7. The van der Waals surface area contributed by atoms with Crippen molar-refractivity contribution in [3.8, 4) is 0 Å². The molecule has 0 saturated heterocycles. The lowest BCUT2D eigenvalue weighted by Crippen LogP contribution is -2.18. The second kappa shape index (κ2) is 14.5. The largest absolute Gasteiger partial charge is 0.297 e. The van der Waals surface area contributed by atoms with Crippen molar-refractivity contribution in [2.45, 2.75) is 102 Å². The van der Waals surface area contributed by atoms with Gasteiger partial charge in [0, 0.05) is 0 Å². The van der Waals surface area contributed by atoms with Crippen LogP contribution in [-0.4, -0.2) is 20.3 Å². The van der Waals surface area contributed by atoms with Gasteiger partial charge >= 0.3 is 0 Å². The fourth-order valence-electron chi connectivity index (χ4n) is 3.21. The van der Waals surface area contributed by atoms with Crippen LogP contribution in [-0.2, 0) is 19.1 Å². The van der Waals surface area contributed by atoms with Gasteiger partial charge in [0.2, 0.25) is 0 Å². The summed E-state index contributed by atoms with van der Waals surface area (Å²) in [7, 11) is -3.81. The van der Waals surface area contributed by atoms with Crippen molar-refractivity contribution in [2.75, 3.05) is 0 Å². The Morgan fingerprint density at radius 1 is 0.966 bits per heavy atom. The zero-order valence-corrected chi connectivity index (χ0v) is 19.2. The highest BCUT2D eigenvalue weighted by Crippen LogP contribution is 2.20. The monoisotopic (exact) mass is 422 g/mol. The molecule has 0 bridgehead atoms. The molecule has 164 valence electrons. The van der Waals surface area contributed by atoms with Crippen LogP contribution in [0.1, 0.15) is 90.0 Å². The van der Waals surface area contributed by atoms with E-state index in [0.717, 1.165) is 18.4 Å². The zero-order valence-electron chi connectivity index (χ0n) is 18.4. The van der Waals surface area contributed by atoms with Crippen molar-refractivity contribution in [3.05, 3.63) is 42.0 Å². The van der Waals surface area contributed by atoms with Gasteiger partial charge in [-0.3, -0.25) is 8.98 Å². The van der Waals surface area contributed by atoms with Crippen LogP contribution in [0.5, 0.6) is 0 Å². The van der Waals surface area contributed by atoms with E-state index >= 15 is 0 Å². The highest BCUT2D eigenvalue weighted by molar-refractivity contribution is 7.86. The summed E-state index contributed by atoms with van der Waals surface area (Å²) in [5, 5.41) is 0. The van der Waals surface area contributed by atoms with Gasteiger partial charge in [-0.2, -0.15) is 8.42 Å². The Morgan fingerprint density at radius 3 is 2.07 bits per heavy atom. The SMILES string of the molecule is CCCCCCCCCCC[C@H](C/C=C/C(C)=O)OS(=O)(=O)c1ccc(C)cc1. The number of carbonyl (C=O) groups is 1. The van der Waals surface area contributed by atoms with Crippen molar-refractivity contribution in [1.82, 2.24) is 0 Å². The number of aryl methyl sites for hydroxylation is 1. The number of hydrogen-bond donors (Lipinski definition) is 0. The van der Waals surface area contributed by atoms with Crippen LogP contribution < -0.4 is 0 Å². The zero-order chi connectivity index (χ0) is 21.5. The Kier molecular flexibility index (Phi) is 12.8. The molecule has 1 rings (SSSR count). The van der Waals surface area contributed by atoms with Gasteiger partial charge in [-0.15, -0.1) is 0 Å². The first-order valence-corrected chi connectivity index (χ1v) is 12.4. The lowest BCUT2D eigenvalue weighted by Gasteiger charge is -2.16. The molecule has 0 fully saturated rings. The molecule has 5 heteroatoms. The van der Waals surface area contributed by atoms with Gasteiger partial charge in [0.15, 0.2) is 5.78 Å². The number of carbonyl (C=O) groups excluding carboxylic acids is 1. The normalized spacial score (nSPS) is 13.1. The van der Waals surface area contributed by atoms with Crippen molar-refractivity contribution >= 4 is 15.9 Å². The Morgan fingerprint density at radius 2 is 1.52 bits per heavy atom. The maximum absolute atomic E-state index is 12.6. The van der Waals surface area contributed by atoms with Crippen LogP contribution in [0.3, 0.4) is 0 Å². The van der Waals surface area contributed by atoms with Gasteiger partial charge in [0.05, 0.1) is 11.0 Å². The fourth-order valence-corrected chi connectivity index (χ4v) is 4.33. The summed E-state index contributed by atoms with van der Waals surface area (Å²) in [6, 6.07) is 6.68. The Hall–Kier alpha value is -1.46. The van der Waals surface area contributed by atoms with E-state index < -0.39 is 16.2 Å². The van der Waals surface area contributed by atoms with E-state index in [-0.39, 0.29) is 10.7 Å². The summed E-state index contributed by atoms with van der Waals surface area (Å²) in [5.41, 5.74) is 1.000. The fraction of sp³-hybridized carbons (Fsp3) is 0.625. The summed E-state index contributed by atoms with van der Waals surface area (Å²) in [4.78, 5) is 11.3. The maximum Gasteiger partial charge on any atom is 0.297 e. The van der Waals surface area contributed by atoms with Crippen molar-refractivity contribution in [3.63, 3.8) is 0 Å². The molecule has 0 amide bonds. The maximum atomic E-state index is 12.6. The molecule has 1 aromatic carbocycles. The van der Waals surface area contributed by atoms with E-state index in [2.05, 4.69) is 6.92 Å². The highest BCUT2D eigenvalue weighted by Gasteiger charge is 2.21. The third-order valence-corrected chi connectivity index (χ3v) is 6.33. The molecular weight excluding hydrogens is 384 g/mol. The van der Waals surface area contributed by atoms with Crippen LogP contribution in [0, 0.1) is 6.92 Å². The summed E-state index contributed by atoms with van der Waals surface area (Å²) in [6.07, 6.45) is 14.8. The van der Waals surface area contributed by atoms with Crippen molar-refractivity contribution in [1.29, 1.82) is 0 Å². The minimum Gasteiger partial charge on any atom is -0.295 e. The number of unbranched alkanes of at least 4 members (excludes halogenated alkanes) is 8. The quantitative estimate of drug-likeness (QED) is 0.173. The van der Waals surface area contributed by atoms with Crippen LogP contribution in [0.25, 0.3) is 0 Å². The van der Waals surface area contributed by atoms with Gasteiger partial charge in [0.1, 0.15) is 0 Å². The lowest BCUT2D eigenvalue weighted by atomic mass is 10.0. The van der Waals surface area contributed by atoms with Crippen LogP contribution in [0.4, 0.5) is 0 Å². The summed E-state index contributed by atoms with van der Waals surface area (Å²) in [6.45, 7) is 5.62. The number of ketones is 1. The Bertz CT molecular complexity index is 705. The van der Waals surface area contributed by atoms with Gasteiger partial charge in [-0.1, -0.05) is 88.5 Å². The van der Waals surface area contributed by atoms with Crippen molar-refractivity contribution in [2.24, 2.45) is 0 Å². The van der Waals surface area contributed by atoms with Crippen molar-refractivity contribution < 1.29 is 17.4 Å². The average Bonchev–Trinajstić information content (AvgIpc) is 2.66. The molecule has 4 nitrogen and oxygen atoms in total. The minimum absolute atomic E-state index is 0.0479. The van der Waals surface area contributed by atoms with Gasteiger partial charge in [-0.05, 0) is 44.9 Å². The molecular formula is C24H38O4S. The minimum atomic E-state index is -3.81. The molecule has 0 unspecified atom stereocenters. The predicted molar refractivity (Wildman–Crippen MR) is 120 cm³/mol. The smallest absolute Gasteiger partial charge is 0.295 e. The Balaban J connectivity index is 2.51. The number of rotatable bonds is 16. The number of allylic oxidation sites excluding steroid dienone is 1. The molecule has 0 N–H and O–H groups in total. The summed E-state index contributed by atoms with van der Waals surface area (Å²) >= 11 is 0. The standard InChI is InChI=1S/C24H38O4S/c1-4-5-6-7-8-9-10-11-12-15-23(16-13-14-22(3)25)28-29(26,27)24-19-17-21(2)18-20-24/h13-14,17-20,23H,4-12,15-16H2,1-3H3/b14-13+/t23-/m1/s1. The number of hydrogen-bond acceptors (Lipinski definition) is 4. The predicted octanol–water partition coefficient (Wildman–Crippen LogP) is 6.53. The second-order valence-electron chi connectivity index (χ2n) is 7.85. The van der Waals surface area contributed by atoms with E-state index in [1.165, 1.54) is 57.9 Å². The lowest BCUT2D eigenvalue weighted by molar-refractivity contribution is -0.112. The van der Waals surface area contributed by atoms with Crippen LogP contribution >= 0.6 is 0 Å². The average molecular weight is 423 g/mol. The third-order valence-electron chi connectivity index (χ3n) is 4.95. The first-order valence-electron chi connectivity index (χ1n) is 11.0. The van der Waals surface area contributed by atoms with Gasteiger partial charge in [0.25, 0.3) is 10.1 Å². The van der Waals surface area contributed by atoms with E-state index in [1.807, 2.05) is 6.92 Å². The Labute approximate surface area is 177 Å². The number of benzene rings is 1. The molecule has 1 atom stereocenters. The highest BCUT2D eigenvalue weighted by atomic mass is 32.2. The molecule has 0 aromatic heterocycles. The van der Waals surface area contributed by atoms with Crippen LogP contribution in [0.2, 0.25) is 0 Å². The molecule has 0 aliphatic rings. The molecule has 0 heterocycles. The second-order valence-corrected chi connectivity index (χ2v) is 9.42. The third kappa shape index (κ3) is 12.0. The van der Waals surface area contributed by atoms with Gasteiger partial charge in [-0.25, -0.2) is 0 Å². The molecule has 0 radical (unpaired) electrons. The van der Waals surface area contributed by atoms with E-state index in [1.54, 1.807) is 30.3 Å². The van der Waals surface area contributed by atoms with Gasteiger partial charge < -0.3 is 0 Å². The molecule has 0 saturated carbocycles. The van der Waals surface area contributed by atoms with E-state index in [0.29, 0.717) is 12.8 Å². The first kappa shape index (κ1) is 25.6. The molecule has 0 spiro atoms. The van der Waals surface area contributed by atoms with E-state index in [4.69, 9.17) is 4.18 Å². The van der Waals surface area contributed by atoms with E-state index in [9.17, 15) is 13.2 Å². The first-order chi connectivity index (χ1) is 13.8. The molecule has 1 aromatic rings. The molecule has 0 aliphatic carbocycles. The molecule has 29 heavy (non-hydrogen) atoms. The van der Waals surface area contributed by atoms with Crippen LogP contribution in [0.15, 0.2) is 41.3 Å². The topological polar surface area (TPSA) is 60.4 Å². The summed E-state index contributed by atoms with van der Waals surface area (Å²) in [5.74, 6) is -0.0479. The molecule has 0 aliphatic heterocycles.